The number of rotatable bonds is 0. The average molecular weight is 260 g/mol. The lowest BCUT2D eigenvalue weighted by molar-refractivity contribution is 0.939. The molecule has 1 heterocycles. The molecule has 0 aliphatic heterocycles. The molecule has 2 rings (SSSR count). The molecule has 0 spiro atoms. The first-order chi connectivity index (χ1) is 5.29. The number of nitrogens with zero attached hydrogens (tertiary/aromatic N) is 3. The second kappa shape index (κ2) is 2.33. The fourth-order valence-corrected chi connectivity index (χ4v) is 1.58. The van der Waals surface area contributed by atoms with Crippen molar-refractivity contribution in [2.75, 3.05) is 5.73 Å². The van der Waals surface area contributed by atoms with Crippen LogP contribution in [0.25, 0.3) is 11.0 Å². The fourth-order valence-electron chi connectivity index (χ4n) is 0.963. The van der Waals surface area contributed by atoms with E-state index >= 15 is 0 Å². The van der Waals surface area contributed by atoms with Gasteiger partial charge in [-0.3, -0.25) is 0 Å². The van der Waals surface area contributed by atoms with Crippen molar-refractivity contribution in [2.45, 2.75) is 0 Å². The smallest absolute Gasteiger partial charge is 0.123 e. The number of nitrogens with two attached hydrogens (primary N) is 1. The number of hydrogen-bond acceptors (Lipinski definition) is 3. The molecule has 4 nitrogen and oxygen atoms in total. The van der Waals surface area contributed by atoms with Crippen LogP contribution in [-0.4, -0.2) is 13.2 Å². The molecule has 2 aromatic rings. The number of para-hydroxylation sites is 1. The fraction of sp³-hybridized carbons (Fsp3) is 0. The van der Waals surface area contributed by atoms with Crippen molar-refractivity contribution in [3.05, 3.63) is 18.2 Å². The SMILES string of the molecule is Nc1cccc2nnn(I)c12. The zero-order valence-electron chi connectivity index (χ0n) is 5.53. The van der Waals surface area contributed by atoms with Crippen LogP contribution in [0.1, 0.15) is 0 Å². The highest BCUT2D eigenvalue weighted by atomic mass is 127. The van der Waals surface area contributed by atoms with E-state index in [9.17, 15) is 0 Å². The first kappa shape index (κ1) is 6.84. The number of benzene rings is 1. The van der Waals surface area contributed by atoms with Gasteiger partial charge in [0.1, 0.15) is 11.0 Å². The molecule has 0 saturated carbocycles. The molecule has 5 heteroatoms. The van der Waals surface area contributed by atoms with Gasteiger partial charge in [0.05, 0.1) is 28.6 Å². The van der Waals surface area contributed by atoms with E-state index in [1.165, 1.54) is 0 Å². The highest BCUT2D eigenvalue weighted by molar-refractivity contribution is 14.1. The number of aromatic nitrogens is 3. The van der Waals surface area contributed by atoms with Gasteiger partial charge < -0.3 is 5.73 Å². The van der Waals surface area contributed by atoms with Gasteiger partial charge in [-0.25, -0.2) is 0 Å². The molecule has 0 unspecified atom stereocenters. The van der Waals surface area contributed by atoms with Crippen LogP contribution in [0, 0.1) is 0 Å². The maximum absolute atomic E-state index is 5.70. The molecule has 0 radical (unpaired) electrons. The Kier molecular flexibility index (Phi) is 1.45. The van der Waals surface area contributed by atoms with E-state index in [2.05, 4.69) is 10.3 Å². The molecule has 11 heavy (non-hydrogen) atoms. The molecule has 0 bridgehead atoms. The topological polar surface area (TPSA) is 56.7 Å². The molecule has 1 aromatic carbocycles. The summed E-state index contributed by atoms with van der Waals surface area (Å²) in [7, 11) is 0. The van der Waals surface area contributed by atoms with E-state index in [1.54, 1.807) is 2.90 Å². The number of fused-ring (bicyclic) bond motifs is 1. The van der Waals surface area contributed by atoms with Gasteiger partial charge in [0.15, 0.2) is 0 Å². The van der Waals surface area contributed by atoms with Crippen LogP contribution in [0.15, 0.2) is 18.2 Å². The first-order valence-electron chi connectivity index (χ1n) is 3.05. The molecule has 0 saturated heterocycles. The third kappa shape index (κ3) is 0.953. The predicted octanol–water partition coefficient (Wildman–Crippen LogP) is 1.21. The molecule has 1 aromatic heterocycles. The molecule has 56 valence electrons. The number of halogens is 1. The van der Waals surface area contributed by atoms with Crippen LogP contribution in [0.2, 0.25) is 0 Å². The summed E-state index contributed by atoms with van der Waals surface area (Å²) < 4.78 is 1.64. The Morgan fingerprint density at radius 1 is 1.45 bits per heavy atom. The second-order valence-corrected chi connectivity index (χ2v) is 3.08. The Balaban J connectivity index is 2.96. The highest BCUT2D eigenvalue weighted by Crippen LogP contribution is 2.19. The average Bonchev–Trinajstić information content (AvgIpc) is 2.34. The van der Waals surface area contributed by atoms with E-state index in [1.807, 2.05) is 41.1 Å². The lowest BCUT2D eigenvalue weighted by Crippen LogP contribution is -1.88. The van der Waals surface area contributed by atoms with Crippen LogP contribution in [0.4, 0.5) is 5.69 Å². The van der Waals surface area contributed by atoms with Crippen molar-refractivity contribution >= 4 is 39.6 Å². The molecule has 0 aliphatic carbocycles. The summed E-state index contributed by atoms with van der Waals surface area (Å²) in [5.74, 6) is 0. The first-order valence-corrected chi connectivity index (χ1v) is 4.01. The number of nitrogen functional groups attached to an aromatic ring is 1. The molecule has 0 amide bonds. The van der Waals surface area contributed by atoms with Crippen LogP contribution in [-0.2, 0) is 0 Å². The zero-order chi connectivity index (χ0) is 7.84. The predicted molar refractivity (Wildman–Crippen MR) is 51.4 cm³/mol. The van der Waals surface area contributed by atoms with Crippen molar-refractivity contribution in [1.29, 1.82) is 0 Å². The normalized spacial score (nSPS) is 10.6. The Morgan fingerprint density at radius 3 is 3.00 bits per heavy atom. The quantitative estimate of drug-likeness (QED) is 0.572. The van der Waals surface area contributed by atoms with Gasteiger partial charge >= 0.3 is 0 Å². The molecule has 2 N–H and O–H groups in total. The summed E-state index contributed by atoms with van der Waals surface area (Å²) >= 11 is 2.04. The third-order valence-electron chi connectivity index (χ3n) is 1.46. The minimum absolute atomic E-state index is 0.710. The Morgan fingerprint density at radius 2 is 2.27 bits per heavy atom. The van der Waals surface area contributed by atoms with Crippen molar-refractivity contribution in [3.8, 4) is 0 Å². The van der Waals surface area contributed by atoms with Gasteiger partial charge in [0, 0.05) is 0 Å². The summed E-state index contributed by atoms with van der Waals surface area (Å²) in [4.78, 5) is 0. The standard InChI is InChI=1S/C6H5IN4/c7-11-6-4(8)2-1-3-5(6)9-10-11/h1-3H,8H2. The van der Waals surface area contributed by atoms with Crippen molar-refractivity contribution < 1.29 is 0 Å². The van der Waals surface area contributed by atoms with E-state index in [0.717, 1.165) is 11.0 Å². The van der Waals surface area contributed by atoms with Crippen LogP contribution in [0.3, 0.4) is 0 Å². The lowest BCUT2D eigenvalue weighted by Gasteiger charge is -1.93. The van der Waals surface area contributed by atoms with Crippen LogP contribution in [0.5, 0.6) is 0 Å². The Bertz CT molecular complexity index is 394. The lowest BCUT2D eigenvalue weighted by atomic mass is 10.3. The van der Waals surface area contributed by atoms with Gasteiger partial charge in [-0.05, 0) is 12.1 Å². The van der Waals surface area contributed by atoms with E-state index < -0.39 is 0 Å². The monoisotopic (exact) mass is 260 g/mol. The summed E-state index contributed by atoms with van der Waals surface area (Å²) in [5.41, 5.74) is 8.12. The molecule has 0 fully saturated rings. The summed E-state index contributed by atoms with van der Waals surface area (Å²) in [6.45, 7) is 0. The molecule has 0 atom stereocenters. The largest absolute Gasteiger partial charge is 0.397 e. The van der Waals surface area contributed by atoms with Gasteiger partial charge in [-0.15, -0.1) is 5.10 Å². The maximum Gasteiger partial charge on any atom is 0.123 e. The molecular formula is C6H5IN4. The zero-order valence-corrected chi connectivity index (χ0v) is 7.69. The summed E-state index contributed by atoms with van der Waals surface area (Å²) in [6.07, 6.45) is 0. The second-order valence-electron chi connectivity index (χ2n) is 2.16. The summed E-state index contributed by atoms with van der Waals surface area (Å²) in [5, 5.41) is 7.73. The molecule has 0 aliphatic rings. The van der Waals surface area contributed by atoms with E-state index in [0.29, 0.717) is 5.69 Å². The van der Waals surface area contributed by atoms with E-state index in [4.69, 9.17) is 5.73 Å². The maximum atomic E-state index is 5.70. The van der Waals surface area contributed by atoms with Crippen molar-refractivity contribution in [3.63, 3.8) is 0 Å². The van der Waals surface area contributed by atoms with Crippen molar-refractivity contribution in [1.82, 2.24) is 13.2 Å². The number of hydrogen-bond donors (Lipinski definition) is 1. The molecular weight excluding hydrogens is 255 g/mol. The minimum atomic E-state index is 0.710. The van der Waals surface area contributed by atoms with Crippen molar-refractivity contribution in [2.24, 2.45) is 0 Å². The minimum Gasteiger partial charge on any atom is -0.397 e. The van der Waals surface area contributed by atoms with Gasteiger partial charge in [0.25, 0.3) is 0 Å². The van der Waals surface area contributed by atoms with Crippen LogP contribution >= 0.6 is 22.9 Å². The third-order valence-corrected chi connectivity index (χ3v) is 2.14. The summed E-state index contributed by atoms with van der Waals surface area (Å²) in [6, 6.07) is 5.58. The van der Waals surface area contributed by atoms with Gasteiger partial charge in [-0.1, -0.05) is 11.3 Å². The number of anilines is 1. The Labute approximate surface area is 76.9 Å². The van der Waals surface area contributed by atoms with Gasteiger partial charge in [-0.2, -0.15) is 2.90 Å². The highest BCUT2D eigenvalue weighted by Gasteiger charge is 2.03. The van der Waals surface area contributed by atoms with Gasteiger partial charge in [0.2, 0.25) is 0 Å². The van der Waals surface area contributed by atoms with Crippen LogP contribution < -0.4 is 5.73 Å². The van der Waals surface area contributed by atoms with E-state index in [-0.39, 0.29) is 0 Å². The Hall–Kier alpha value is -0.850.